The molecule has 0 bridgehead atoms. The zero-order chi connectivity index (χ0) is 12.0. The summed E-state index contributed by atoms with van der Waals surface area (Å²) in [5.74, 6) is 0. The van der Waals surface area contributed by atoms with Gasteiger partial charge in [0.15, 0.2) is 0 Å². The van der Waals surface area contributed by atoms with Gasteiger partial charge in [-0.2, -0.15) is 5.26 Å². The predicted octanol–water partition coefficient (Wildman–Crippen LogP) is 2.14. The maximum atomic E-state index is 9.27. The first kappa shape index (κ1) is 13.5. The Balaban J connectivity index is 2.59. The van der Waals surface area contributed by atoms with Crippen LogP contribution in [0.15, 0.2) is 0 Å². The Labute approximate surface area is 99.8 Å². The molecule has 3 nitrogen and oxygen atoms in total. The Morgan fingerprint density at radius 3 is 2.75 bits per heavy atom. The lowest BCUT2D eigenvalue weighted by Gasteiger charge is -2.39. The van der Waals surface area contributed by atoms with Crippen molar-refractivity contribution in [1.82, 2.24) is 10.2 Å². The summed E-state index contributed by atoms with van der Waals surface area (Å²) in [5.41, 5.74) is -0.389. The van der Waals surface area contributed by atoms with Crippen molar-refractivity contribution in [2.45, 2.75) is 58.0 Å². The van der Waals surface area contributed by atoms with E-state index >= 15 is 0 Å². The number of likely N-dealkylation sites (tertiary alicyclic amines) is 1. The number of nitrogens with one attached hydrogen (secondary N) is 1. The lowest BCUT2D eigenvalue weighted by molar-refractivity contribution is 0.118. The van der Waals surface area contributed by atoms with E-state index in [2.05, 4.69) is 30.1 Å². The largest absolute Gasteiger partial charge is 0.299 e. The second kappa shape index (κ2) is 6.22. The maximum Gasteiger partial charge on any atom is 0.116 e. The van der Waals surface area contributed by atoms with Crippen LogP contribution >= 0.6 is 0 Å². The highest BCUT2D eigenvalue weighted by atomic mass is 15.2. The van der Waals surface area contributed by atoms with Crippen LogP contribution in [0.25, 0.3) is 0 Å². The molecule has 92 valence electrons. The van der Waals surface area contributed by atoms with Crippen molar-refractivity contribution in [3.8, 4) is 6.07 Å². The van der Waals surface area contributed by atoms with Gasteiger partial charge < -0.3 is 0 Å². The van der Waals surface area contributed by atoms with Crippen molar-refractivity contribution in [2.75, 3.05) is 19.6 Å². The molecule has 0 aromatic carbocycles. The van der Waals surface area contributed by atoms with E-state index in [1.54, 1.807) is 0 Å². The number of hydrogen-bond donors (Lipinski definition) is 1. The third-order valence-electron chi connectivity index (χ3n) is 3.55. The normalized spacial score (nSPS) is 26.0. The van der Waals surface area contributed by atoms with Crippen LogP contribution in [-0.2, 0) is 0 Å². The summed E-state index contributed by atoms with van der Waals surface area (Å²) in [5, 5.41) is 12.6. The number of nitriles is 1. The summed E-state index contributed by atoms with van der Waals surface area (Å²) in [6, 6.07) is 3.10. The van der Waals surface area contributed by atoms with Crippen molar-refractivity contribution in [3.63, 3.8) is 0 Å². The lowest BCUT2D eigenvalue weighted by Crippen LogP contribution is -2.54. The fraction of sp³-hybridized carbons (Fsp3) is 0.923. The van der Waals surface area contributed by atoms with E-state index in [9.17, 15) is 5.26 Å². The highest BCUT2D eigenvalue weighted by Gasteiger charge is 2.30. The van der Waals surface area contributed by atoms with Gasteiger partial charge in [-0.1, -0.05) is 20.3 Å². The minimum atomic E-state index is -0.389. The average Bonchev–Trinajstić information content (AvgIpc) is 2.30. The molecule has 0 aromatic rings. The fourth-order valence-electron chi connectivity index (χ4n) is 2.66. The number of likely N-dealkylation sites (N-methyl/N-ethyl adjacent to an activating group) is 1. The Bertz CT molecular complexity index is 246. The van der Waals surface area contributed by atoms with Gasteiger partial charge in [-0.25, -0.2) is 0 Å². The van der Waals surface area contributed by atoms with Gasteiger partial charge >= 0.3 is 0 Å². The van der Waals surface area contributed by atoms with E-state index in [0.29, 0.717) is 6.04 Å². The van der Waals surface area contributed by atoms with Crippen LogP contribution in [0.2, 0.25) is 0 Å². The third-order valence-corrected chi connectivity index (χ3v) is 3.55. The van der Waals surface area contributed by atoms with Crippen molar-refractivity contribution in [1.29, 1.82) is 5.26 Å². The molecule has 16 heavy (non-hydrogen) atoms. The van der Waals surface area contributed by atoms with Crippen LogP contribution in [0, 0.1) is 11.3 Å². The molecule has 3 heteroatoms. The molecule has 1 aliphatic heterocycles. The van der Waals surface area contributed by atoms with Gasteiger partial charge in [0.1, 0.15) is 5.54 Å². The van der Waals surface area contributed by atoms with E-state index < -0.39 is 0 Å². The van der Waals surface area contributed by atoms with Gasteiger partial charge in [-0.15, -0.1) is 0 Å². The van der Waals surface area contributed by atoms with Crippen LogP contribution in [0.3, 0.4) is 0 Å². The maximum absolute atomic E-state index is 9.27. The summed E-state index contributed by atoms with van der Waals surface area (Å²) >= 11 is 0. The summed E-state index contributed by atoms with van der Waals surface area (Å²) in [4.78, 5) is 2.50. The third kappa shape index (κ3) is 3.47. The molecule has 2 atom stereocenters. The second-order valence-corrected chi connectivity index (χ2v) is 5.00. The standard InChI is InChI=1S/C13H25N3/c1-4-12-8-6-7-9-16(12)11-13(3,10-14)15-5-2/h12,15H,4-9,11H2,1-3H3. The number of piperidine rings is 1. The molecule has 1 saturated heterocycles. The molecular formula is C13H25N3. The number of rotatable bonds is 5. The molecule has 0 aliphatic carbocycles. The van der Waals surface area contributed by atoms with Crippen LogP contribution in [0.1, 0.15) is 46.5 Å². The molecule has 1 fully saturated rings. The average molecular weight is 223 g/mol. The molecule has 1 aliphatic rings. The van der Waals surface area contributed by atoms with Gasteiger partial charge in [0.05, 0.1) is 6.07 Å². The van der Waals surface area contributed by atoms with E-state index in [4.69, 9.17) is 0 Å². The smallest absolute Gasteiger partial charge is 0.116 e. The SMILES string of the molecule is CCNC(C)(C#N)CN1CCCCC1CC. The zero-order valence-corrected chi connectivity index (χ0v) is 10.9. The highest BCUT2D eigenvalue weighted by Crippen LogP contribution is 2.21. The lowest BCUT2D eigenvalue weighted by atomic mass is 9.96. The predicted molar refractivity (Wildman–Crippen MR) is 67.2 cm³/mol. The van der Waals surface area contributed by atoms with Crippen LogP contribution < -0.4 is 5.32 Å². The first-order valence-electron chi connectivity index (χ1n) is 6.55. The van der Waals surface area contributed by atoms with Crippen LogP contribution in [0.5, 0.6) is 0 Å². The molecule has 0 spiro atoms. The second-order valence-electron chi connectivity index (χ2n) is 5.00. The molecule has 0 aromatic heterocycles. The molecule has 1 heterocycles. The quantitative estimate of drug-likeness (QED) is 0.776. The van der Waals surface area contributed by atoms with Crippen molar-refractivity contribution < 1.29 is 0 Å². The first-order chi connectivity index (χ1) is 7.65. The Kier molecular flexibility index (Phi) is 5.24. The number of hydrogen-bond acceptors (Lipinski definition) is 3. The molecule has 0 radical (unpaired) electrons. The van der Waals surface area contributed by atoms with E-state index in [-0.39, 0.29) is 5.54 Å². The summed E-state index contributed by atoms with van der Waals surface area (Å²) < 4.78 is 0. The summed E-state index contributed by atoms with van der Waals surface area (Å²) in [6.07, 6.45) is 5.13. The topological polar surface area (TPSA) is 39.1 Å². The van der Waals surface area contributed by atoms with Crippen molar-refractivity contribution in [2.24, 2.45) is 0 Å². The molecule has 1 rings (SSSR count). The van der Waals surface area contributed by atoms with Crippen LogP contribution in [-0.4, -0.2) is 36.1 Å². The van der Waals surface area contributed by atoms with E-state index in [1.165, 1.54) is 25.7 Å². The summed E-state index contributed by atoms with van der Waals surface area (Å²) in [7, 11) is 0. The van der Waals surface area contributed by atoms with E-state index in [1.807, 2.05) is 6.92 Å². The minimum absolute atomic E-state index is 0.389. The Morgan fingerprint density at radius 2 is 2.19 bits per heavy atom. The van der Waals surface area contributed by atoms with Crippen LogP contribution in [0.4, 0.5) is 0 Å². The van der Waals surface area contributed by atoms with Gasteiger partial charge in [0.2, 0.25) is 0 Å². The first-order valence-corrected chi connectivity index (χ1v) is 6.55. The Hall–Kier alpha value is -0.590. The van der Waals surface area contributed by atoms with Crippen molar-refractivity contribution in [3.05, 3.63) is 0 Å². The van der Waals surface area contributed by atoms with Gasteiger partial charge in [0, 0.05) is 12.6 Å². The highest BCUT2D eigenvalue weighted by molar-refractivity contribution is 5.06. The zero-order valence-electron chi connectivity index (χ0n) is 10.9. The Morgan fingerprint density at radius 1 is 1.44 bits per heavy atom. The summed E-state index contributed by atoms with van der Waals surface area (Å²) in [6.45, 7) is 9.19. The molecule has 0 amide bonds. The molecule has 0 saturated carbocycles. The van der Waals surface area contributed by atoms with Gasteiger partial charge in [-0.3, -0.25) is 10.2 Å². The molecule has 2 unspecified atom stereocenters. The van der Waals surface area contributed by atoms with Gasteiger partial charge in [0.25, 0.3) is 0 Å². The van der Waals surface area contributed by atoms with Gasteiger partial charge in [-0.05, 0) is 39.3 Å². The molecule has 1 N–H and O–H groups in total. The minimum Gasteiger partial charge on any atom is -0.299 e. The molecular weight excluding hydrogens is 198 g/mol. The van der Waals surface area contributed by atoms with E-state index in [0.717, 1.165) is 19.6 Å². The monoisotopic (exact) mass is 223 g/mol. The van der Waals surface area contributed by atoms with Crippen molar-refractivity contribution >= 4 is 0 Å². The number of nitrogens with zero attached hydrogens (tertiary/aromatic N) is 2. The fourth-order valence-corrected chi connectivity index (χ4v) is 2.66.